The highest BCUT2D eigenvalue weighted by molar-refractivity contribution is 7.99. The van der Waals surface area contributed by atoms with Crippen molar-refractivity contribution in [2.45, 2.75) is 39.2 Å². The third-order valence-electron chi connectivity index (χ3n) is 3.15. The van der Waals surface area contributed by atoms with E-state index >= 15 is 0 Å². The number of nitrogens with zero attached hydrogens (tertiary/aromatic N) is 1. The van der Waals surface area contributed by atoms with Gasteiger partial charge in [0.2, 0.25) is 5.91 Å². The van der Waals surface area contributed by atoms with Crippen LogP contribution >= 0.6 is 11.8 Å². The van der Waals surface area contributed by atoms with Crippen LogP contribution in [-0.2, 0) is 9.59 Å². The van der Waals surface area contributed by atoms with Gasteiger partial charge in [0.25, 0.3) is 0 Å². The van der Waals surface area contributed by atoms with Gasteiger partial charge in [-0.3, -0.25) is 9.59 Å². The summed E-state index contributed by atoms with van der Waals surface area (Å²) in [5.74, 6) is 1.62. The lowest BCUT2D eigenvalue weighted by Crippen LogP contribution is -2.40. The smallest absolute Gasteiger partial charge is 0.217 e. The second-order valence-electron chi connectivity index (χ2n) is 4.84. The maximum absolute atomic E-state index is 11.3. The van der Waals surface area contributed by atoms with Gasteiger partial charge in [0.1, 0.15) is 0 Å². The number of piperidine rings is 1. The lowest BCUT2D eigenvalue weighted by molar-refractivity contribution is -0.125. The molecule has 0 radical (unpaired) electrons. The molecular weight excluding hydrogens is 248 g/mol. The third kappa shape index (κ3) is 6.40. The minimum Gasteiger partial charge on any atom is -0.346 e. The highest BCUT2D eigenvalue weighted by Crippen LogP contribution is 2.10. The normalized spacial score (nSPS) is 18.3. The van der Waals surface area contributed by atoms with Gasteiger partial charge in [-0.1, -0.05) is 6.42 Å². The molecule has 0 spiro atoms. The minimum absolute atomic E-state index is 0.0377. The molecule has 1 aliphatic rings. The van der Waals surface area contributed by atoms with Crippen LogP contribution in [0.5, 0.6) is 0 Å². The number of carbonyl (C=O) groups is 2. The largest absolute Gasteiger partial charge is 0.346 e. The van der Waals surface area contributed by atoms with Crippen LogP contribution in [0.25, 0.3) is 0 Å². The van der Waals surface area contributed by atoms with Crippen molar-refractivity contribution in [3.05, 3.63) is 0 Å². The van der Waals surface area contributed by atoms with E-state index in [4.69, 9.17) is 0 Å². The Morgan fingerprint density at radius 2 is 1.89 bits per heavy atom. The Labute approximate surface area is 114 Å². The molecule has 1 rings (SSSR count). The topological polar surface area (TPSA) is 49.4 Å². The Morgan fingerprint density at radius 1 is 1.22 bits per heavy atom. The second kappa shape index (κ2) is 8.53. The average Bonchev–Trinajstić information content (AvgIpc) is 2.33. The summed E-state index contributed by atoms with van der Waals surface area (Å²) in [6, 6.07) is -0.325. The molecule has 1 N–H and O–H groups in total. The number of rotatable bonds is 7. The number of nitrogens with one attached hydrogen (secondary N) is 1. The molecule has 0 aliphatic carbocycles. The van der Waals surface area contributed by atoms with Gasteiger partial charge in [-0.25, -0.2) is 0 Å². The predicted octanol–water partition coefficient (Wildman–Crippen LogP) is 1.30. The Morgan fingerprint density at radius 3 is 2.44 bits per heavy atom. The number of amides is 1. The van der Waals surface area contributed by atoms with Crippen molar-refractivity contribution < 1.29 is 9.59 Å². The molecule has 1 atom stereocenters. The molecule has 0 aromatic heterocycles. The van der Waals surface area contributed by atoms with Crippen LogP contribution in [0, 0.1) is 0 Å². The molecule has 5 heteroatoms. The standard InChI is InChI=1S/C13H24N2O2S/c1-11(16)13(14-12(2)17)10-18-9-8-15-6-4-3-5-7-15/h13H,3-10H2,1-2H3,(H,14,17). The number of thioether (sulfide) groups is 1. The lowest BCUT2D eigenvalue weighted by atomic mass is 10.1. The fourth-order valence-corrected chi connectivity index (χ4v) is 3.19. The molecule has 1 saturated heterocycles. The monoisotopic (exact) mass is 272 g/mol. The molecule has 104 valence electrons. The van der Waals surface area contributed by atoms with Crippen LogP contribution in [0.4, 0.5) is 0 Å². The zero-order valence-electron chi connectivity index (χ0n) is 11.4. The van der Waals surface area contributed by atoms with Crippen molar-refractivity contribution in [3.8, 4) is 0 Å². The van der Waals surface area contributed by atoms with Crippen LogP contribution < -0.4 is 5.32 Å². The first-order valence-electron chi connectivity index (χ1n) is 6.67. The van der Waals surface area contributed by atoms with E-state index in [9.17, 15) is 9.59 Å². The Kier molecular flexibility index (Phi) is 7.35. The van der Waals surface area contributed by atoms with E-state index in [-0.39, 0.29) is 17.7 Å². The fourth-order valence-electron chi connectivity index (χ4n) is 2.08. The van der Waals surface area contributed by atoms with E-state index in [0.29, 0.717) is 5.75 Å². The summed E-state index contributed by atoms with van der Waals surface area (Å²) < 4.78 is 0. The van der Waals surface area contributed by atoms with Crippen LogP contribution in [0.15, 0.2) is 0 Å². The third-order valence-corrected chi connectivity index (χ3v) is 4.19. The highest BCUT2D eigenvalue weighted by Gasteiger charge is 2.15. The summed E-state index contributed by atoms with van der Waals surface area (Å²) >= 11 is 1.75. The Balaban J connectivity index is 2.13. The van der Waals surface area contributed by atoms with Gasteiger partial charge in [0.05, 0.1) is 6.04 Å². The van der Waals surface area contributed by atoms with E-state index < -0.39 is 0 Å². The van der Waals surface area contributed by atoms with Crippen molar-refractivity contribution in [3.63, 3.8) is 0 Å². The van der Waals surface area contributed by atoms with Crippen molar-refractivity contribution in [1.29, 1.82) is 0 Å². The van der Waals surface area contributed by atoms with E-state index in [1.54, 1.807) is 11.8 Å². The maximum atomic E-state index is 11.3. The molecule has 18 heavy (non-hydrogen) atoms. The first kappa shape index (κ1) is 15.5. The van der Waals surface area contributed by atoms with Gasteiger partial charge in [-0.05, 0) is 32.9 Å². The SMILES string of the molecule is CC(=O)NC(CSCCN1CCCCC1)C(C)=O. The van der Waals surface area contributed by atoms with E-state index in [2.05, 4.69) is 10.2 Å². The lowest BCUT2D eigenvalue weighted by Gasteiger charge is -2.26. The molecule has 1 aliphatic heterocycles. The maximum Gasteiger partial charge on any atom is 0.217 e. The molecule has 1 amide bonds. The molecule has 0 saturated carbocycles. The van der Waals surface area contributed by atoms with Crippen molar-refractivity contribution >= 4 is 23.5 Å². The molecule has 4 nitrogen and oxygen atoms in total. The molecule has 1 heterocycles. The number of Topliss-reactive ketones (excluding diaryl/α,β-unsaturated/α-hetero) is 1. The Hall–Kier alpha value is -0.550. The molecular formula is C13H24N2O2S. The van der Waals surface area contributed by atoms with E-state index in [0.717, 1.165) is 12.3 Å². The summed E-state index contributed by atoms with van der Waals surface area (Å²) in [7, 11) is 0. The predicted molar refractivity (Wildman–Crippen MR) is 75.9 cm³/mol. The summed E-state index contributed by atoms with van der Waals surface area (Å²) in [5.41, 5.74) is 0. The number of likely N-dealkylation sites (tertiary alicyclic amines) is 1. The number of hydrogen-bond acceptors (Lipinski definition) is 4. The zero-order chi connectivity index (χ0) is 13.4. The Bertz CT molecular complexity index is 278. The summed E-state index contributed by atoms with van der Waals surface area (Å²) in [4.78, 5) is 24.8. The second-order valence-corrected chi connectivity index (χ2v) is 5.99. The number of hydrogen-bond donors (Lipinski definition) is 1. The highest BCUT2D eigenvalue weighted by atomic mass is 32.2. The average molecular weight is 272 g/mol. The molecule has 1 unspecified atom stereocenters. The molecule has 0 aromatic rings. The van der Waals surface area contributed by atoms with Crippen LogP contribution in [-0.4, -0.2) is 53.8 Å². The first-order valence-corrected chi connectivity index (χ1v) is 7.82. The van der Waals surface area contributed by atoms with Crippen molar-refractivity contribution in [2.24, 2.45) is 0 Å². The molecule has 1 fully saturated rings. The zero-order valence-corrected chi connectivity index (χ0v) is 12.2. The van der Waals surface area contributed by atoms with Crippen molar-refractivity contribution in [1.82, 2.24) is 10.2 Å². The molecule has 0 aromatic carbocycles. The van der Waals surface area contributed by atoms with Gasteiger partial charge < -0.3 is 10.2 Å². The summed E-state index contributed by atoms with van der Waals surface area (Å²) in [5, 5.41) is 2.69. The minimum atomic E-state index is -0.325. The fraction of sp³-hybridized carbons (Fsp3) is 0.846. The first-order chi connectivity index (χ1) is 8.59. The number of carbonyl (C=O) groups excluding carboxylic acids is 2. The summed E-state index contributed by atoms with van der Waals surface area (Å²) in [6.45, 7) is 6.50. The quantitative estimate of drug-likeness (QED) is 0.710. The summed E-state index contributed by atoms with van der Waals surface area (Å²) in [6.07, 6.45) is 3.98. The van der Waals surface area contributed by atoms with Gasteiger partial charge in [-0.2, -0.15) is 11.8 Å². The van der Waals surface area contributed by atoms with Crippen LogP contribution in [0.2, 0.25) is 0 Å². The van der Waals surface area contributed by atoms with Gasteiger partial charge in [0, 0.05) is 25.0 Å². The number of ketones is 1. The van der Waals surface area contributed by atoms with Crippen LogP contribution in [0.3, 0.4) is 0 Å². The van der Waals surface area contributed by atoms with Crippen molar-refractivity contribution in [2.75, 3.05) is 31.1 Å². The molecule has 0 bridgehead atoms. The van der Waals surface area contributed by atoms with E-state index in [1.807, 2.05) is 0 Å². The van der Waals surface area contributed by atoms with Gasteiger partial charge >= 0.3 is 0 Å². The van der Waals surface area contributed by atoms with E-state index in [1.165, 1.54) is 46.2 Å². The van der Waals surface area contributed by atoms with Gasteiger partial charge in [0.15, 0.2) is 5.78 Å². The van der Waals surface area contributed by atoms with Gasteiger partial charge in [-0.15, -0.1) is 0 Å². The van der Waals surface area contributed by atoms with Crippen LogP contribution in [0.1, 0.15) is 33.1 Å².